The molecular weight excluding hydrogens is 190 g/mol. The molecule has 0 unspecified atom stereocenters. The van der Waals surface area contributed by atoms with Crippen LogP contribution in [0.3, 0.4) is 0 Å². The van der Waals surface area contributed by atoms with Gasteiger partial charge < -0.3 is 22.3 Å². The Kier molecular flexibility index (Phi) is 4.19. The number of hydrogen-bond acceptors (Lipinski definition) is 5. The van der Waals surface area contributed by atoms with Crippen LogP contribution in [0.1, 0.15) is 12.8 Å². The van der Waals surface area contributed by atoms with Crippen LogP contribution >= 0.6 is 0 Å². The molecule has 7 N–H and O–H groups in total. The van der Waals surface area contributed by atoms with Crippen LogP contribution in [0.4, 0.5) is 0 Å². The van der Waals surface area contributed by atoms with Gasteiger partial charge in [0.1, 0.15) is 0 Å². The number of amides is 1. The Balaban J connectivity index is 4.80. The standard InChI is InChI=1S/C7H13N3O4/c8-3-1-2-7(10,6(13)14)4(11)5(9)12/h1-3,8,10H2,(H2,9,12)(H,13,14)/t7-/m0/s1. The molecule has 80 valence electrons. The Bertz CT molecular complexity index is 266. The van der Waals surface area contributed by atoms with E-state index in [2.05, 4.69) is 5.73 Å². The van der Waals surface area contributed by atoms with E-state index in [1.54, 1.807) is 0 Å². The number of carbonyl (C=O) groups is 3. The molecule has 1 amide bonds. The van der Waals surface area contributed by atoms with Crippen molar-refractivity contribution in [1.82, 2.24) is 0 Å². The molecule has 7 heteroatoms. The van der Waals surface area contributed by atoms with E-state index in [9.17, 15) is 14.4 Å². The first-order valence-electron chi connectivity index (χ1n) is 3.93. The second-order valence-corrected chi connectivity index (χ2v) is 2.86. The minimum atomic E-state index is -2.24. The van der Waals surface area contributed by atoms with Gasteiger partial charge in [0.2, 0.25) is 0 Å². The zero-order chi connectivity index (χ0) is 11.4. The largest absolute Gasteiger partial charge is 0.480 e. The van der Waals surface area contributed by atoms with Gasteiger partial charge in [0.05, 0.1) is 0 Å². The summed E-state index contributed by atoms with van der Waals surface area (Å²) in [5.74, 6) is -4.24. The number of rotatable bonds is 6. The molecular formula is C7H13N3O4. The first kappa shape index (κ1) is 12.5. The lowest BCUT2D eigenvalue weighted by Gasteiger charge is -2.20. The third kappa shape index (κ3) is 2.51. The summed E-state index contributed by atoms with van der Waals surface area (Å²) in [6.07, 6.45) is 0.0163. The molecule has 0 aliphatic heterocycles. The van der Waals surface area contributed by atoms with Gasteiger partial charge in [0.15, 0.2) is 5.54 Å². The van der Waals surface area contributed by atoms with Crippen molar-refractivity contribution in [2.24, 2.45) is 17.2 Å². The smallest absolute Gasteiger partial charge is 0.332 e. The SMILES string of the molecule is NCCC[C@@](N)(C(=O)O)C(=O)C(N)=O. The lowest BCUT2D eigenvalue weighted by molar-refractivity contribution is -0.152. The molecule has 0 rings (SSSR count). The van der Waals surface area contributed by atoms with Gasteiger partial charge in [-0.15, -0.1) is 0 Å². The Morgan fingerprint density at radius 1 is 1.29 bits per heavy atom. The van der Waals surface area contributed by atoms with Crippen molar-refractivity contribution in [1.29, 1.82) is 0 Å². The van der Waals surface area contributed by atoms with Crippen molar-refractivity contribution < 1.29 is 19.5 Å². The summed E-state index contributed by atoms with van der Waals surface area (Å²) in [4.78, 5) is 32.3. The maximum atomic E-state index is 11.1. The average molecular weight is 203 g/mol. The van der Waals surface area contributed by atoms with Crippen molar-refractivity contribution in [2.45, 2.75) is 18.4 Å². The molecule has 0 radical (unpaired) electrons. The van der Waals surface area contributed by atoms with Crippen LogP contribution < -0.4 is 17.2 Å². The van der Waals surface area contributed by atoms with Crippen LogP contribution in [0.25, 0.3) is 0 Å². The Hall–Kier alpha value is -1.47. The molecule has 0 aliphatic carbocycles. The lowest BCUT2D eigenvalue weighted by atomic mass is 9.89. The highest BCUT2D eigenvalue weighted by Gasteiger charge is 2.44. The van der Waals surface area contributed by atoms with Gasteiger partial charge in [-0.25, -0.2) is 4.79 Å². The molecule has 0 heterocycles. The number of aliphatic carboxylic acids is 1. The van der Waals surface area contributed by atoms with Gasteiger partial charge in [-0.05, 0) is 19.4 Å². The molecule has 14 heavy (non-hydrogen) atoms. The minimum Gasteiger partial charge on any atom is -0.480 e. The number of ketones is 1. The van der Waals surface area contributed by atoms with E-state index in [0.717, 1.165) is 0 Å². The third-order valence-corrected chi connectivity index (χ3v) is 1.79. The van der Waals surface area contributed by atoms with E-state index in [1.807, 2.05) is 0 Å². The minimum absolute atomic E-state index is 0.179. The van der Waals surface area contributed by atoms with Crippen molar-refractivity contribution >= 4 is 17.7 Å². The van der Waals surface area contributed by atoms with Crippen LogP contribution in [0, 0.1) is 0 Å². The Morgan fingerprint density at radius 2 is 1.79 bits per heavy atom. The highest BCUT2D eigenvalue weighted by atomic mass is 16.4. The number of primary amides is 1. The molecule has 0 aromatic rings. The number of hydrogen-bond donors (Lipinski definition) is 4. The van der Waals surface area contributed by atoms with Gasteiger partial charge >= 0.3 is 5.97 Å². The van der Waals surface area contributed by atoms with Crippen molar-refractivity contribution in [3.8, 4) is 0 Å². The van der Waals surface area contributed by atoms with E-state index < -0.39 is 23.2 Å². The van der Waals surface area contributed by atoms with Gasteiger partial charge in [0, 0.05) is 0 Å². The fraction of sp³-hybridized carbons (Fsp3) is 0.571. The van der Waals surface area contributed by atoms with Crippen molar-refractivity contribution in [2.75, 3.05) is 6.54 Å². The van der Waals surface area contributed by atoms with E-state index in [-0.39, 0.29) is 19.4 Å². The molecule has 7 nitrogen and oxygen atoms in total. The molecule has 0 aliphatic rings. The highest BCUT2D eigenvalue weighted by molar-refractivity contribution is 6.43. The second-order valence-electron chi connectivity index (χ2n) is 2.86. The predicted molar refractivity (Wildman–Crippen MR) is 47.0 cm³/mol. The zero-order valence-electron chi connectivity index (χ0n) is 7.53. The van der Waals surface area contributed by atoms with Crippen LogP contribution in [-0.4, -0.2) is 34.8 Å². The summed E-state index contributed by atoms with van der Waals surface area (Å²) in [6.45, 7) is 0.179. The lowest BCUT2D eigenvalue weighted by Crippen LogP contribution is -2.59. The quantitative estimate of drug-likeness (QED) is 0.278. The van der Waals surface area contributed by atoms with Crippen LogP contribution in [0.15, 0.2) is 0 Å². The maximum Gasteiger partial charge on any atom is 0.332 e. The monoisotopic (exact) mass is 203 g/mol. The molecule has 0 bridgehead atoms. The van der Waals surface area contributed by atoms with Crippen molar-refractivity contribution in [3.05, 3.63) is 0 Å². The maximum absolute atomic E-state index is 11.1. The molecule has 0 aromatic carbocycles. The predicted octanol–water partition coefficient (Wildman–Crippen LogP) is -2.44. The highest BCUT2D eigenvalue weighted by Crippen LogP contribution is 2.11. The molecule has 0 fully saturated rings. The first-order chi connectivity index (χ1) is 6.36. The summed E-state index contributed by atoms with van der Waals surface area (Å²) in [5, 5.41) is 8.68. The first-order valence-corrected chi connectivity index (χ1v) is 3.93. The number of Topliss-reactive ketones (excluding diaryl/α,β-unsaturated/α-hetero) is 1. The normalized spacial score (nSPS) is 14.4. The Labute approximate surface area is 80.2 Å². The number of carboxylic acids is 1. The fourth-order valence-corrected chi connectivity index (χ4v) is 0.918. The van der Waals surface area contributed by atoms with Gasteiger partial charge in [-0.3, -0.25) is 9.59 Å². The molecule has 1 atom stereocenters. The van der Waals surface area contributed by atoms with E-state index in [1.165, 1.54) is 0 Å². The van der Waals surface area contributed by atoms with Gasteiger partial charge in [0.25, 0.3) is 11.7 Å². The summed E-state index contributed by atoms with van der Waals surface area (Å²) < 4.78 is 0. The molecule has 0 aromatic heterocycles. The zero-order valence-corrected chi connectivity index (χ0v) is 7.53. The van der Waals surface area contributed by atoms with Crippen LogP contribution in [0.5, 0.6) is 0 Å². The van der Waals surface area contributed by atoms with Crippen LogP contribution in [0.2, 0.25) is 0 Å². The summed E-state index contributed by atoms with van der Waals surface area (Å²) in [7, 11) is 0. The molecule has 0 saturated heterocycles. The van der Waals surface area contributed by atoms with Crippen LogP contribution in [-0.2, 0) is 14.4 Å². The summed E-state index contributed by atoms with van der Waals surface area (Å²) >= 11 is 0. The number of carbonyl (C=O) groups excluding carboxylic acids is 2. The average Bonchev–Trinajstić information content (AvgIpc) is 2.12. The van der Waals surface area contributed by atoms with Gasteiger partial charge in [-0.2, -0.15) is 0 Å². The fourth-order valence-electron chi connectivity index (χ4n) is 0.918. The van der Waals surface area contributed by atoms with Crippen molar-refractivity contribution in [3.63, 3.8) is 0 Å². The molecule has 0 spiro atoms. The number of carboxylic acid groups (broad SMARTS) is 1. The third-order valence-electron chi connectivity index (χ3n) is 1.79. The Morgan fingerprint density at radius 3 is 2.07 bits per heavy atom. The topological polar surface area (TPSA) is 150 Å². The summed E-state index contributed by atoms with van der Waals surface area (Å²) in [5.41, 5.74) is 12.8. The van der Waals surface area contributed by atoms with Gasteiger partial charge in [-0.1, -0.05) is 0 Å². The second kappa shape index (κ2) is 4.68. The van der Waals surface area contributed by atoms with E-state index in [4.69, 9.17) is 16.6 Å². The van der Waals surface area contributed by atoms with E-state index >= 15 is 0 Å². The molecule has 0 saturated carbocycles. The number of nitrogens with two attached hydrogens (primary N) is 3. The summed E-state index contributed by atoms with van der Waals surface area (Å²) in [6, 6.07) is 0. The van der Waals surface area contributed by atoms with E-state index in [0.29, 0.717) is 0 Å².